The van der Waals surface area contributed by atoms with Crippen LogP contribution >= 0.6 is 0 Å². The molecule has 0 aliphatic carbocycles. The van der Waals surface area contributed by atoms with Crippen LogP contribution in [0.4, 0.5) is 4.79 Å². The molecule has 0 saturated carbocycles. The van der Waals surface area contributed by atoms with E-state index in [4.69, 9.17) is 0 Å². The van der Waals surface area contributed by atoms with Gasteiger partial charge in [0.2, 0.25) is 17.6 Å². The number of Topliss-reactive ketones (excluding diaryl/α,β-unsaturated/α-hetero) is 1. The Morgan fingerprint density at radius 3 is 2.11 bits per heavy atom. The van der Waals surface area contributed by atoms with E-state index >= 15 is 0 Å². The van der Waals surface area contributed by atoms with Gasteiger partial charge in [-0.05, 0) is 44.6 Å². The first kappa shape index (κ1) is 38.1. The summed E-state index contributed by atoms with van der Waals surface area (Å²) in [5.41, 5.74) is 0.411. The van der Waals surface area contributed by atoms with Crippen LogP contribution in [0.1, 0.15) is 73.8 Å². The minimum atomic E-state index is -1.31. The second-order valence-corrected chi connectivity index (χ2v) is 13.4. The molecule has 0 aromatic heterocycles. The van der Waals surface area contributed by atoms with Crippen LogP contribution in [0.3, 0.4) is 0 Å². The van der Waals surface area contributed by atoms with Gasteiger partial charge in [-0.1, -0.05) is 77.4 Å². The number of amides is 6. The van der Waals surface area contributed by atoms with Crippen molar-refractivity contribution in [2.24, 2.45) is 11.8 Å². The molecule has 1 heterocycles. The van der Waals surface area contributed by atoms with Gasteiger partial charge in [0, 0.05) is 18.6 Å². The molecule has 12 heteroatoms. The molecule has 1 aromatic rings. The van der Waals surface area contributed by atoms with Crippen LogP contribution in [0, 0.1) is 11.8 Å². The van der Waals surface area contributed by atoms with Gasteiger partial charge in [0.15, 0.2) is 0 Å². The van der Waals surface area contributed by atoms with Gasteiger partial charge in [-0.3, -0.25) is 24.0 Å². The second kappa shape index (κ2) is 17.0. The molecular weight excluding hydrogens is 588 g/mol. The van der Waals surface area contributed by atoms with Crippen molar-refractivity contribution in [2.45, 2.75) is 104 Å². The molecule has 46 heavy (non-hydrogen) atoms. The molecule has 4 N–H and O–H groups in total. The number of carbonyl (C=O) groups excluding carboxylic acids is 6. The SMILES string of the molecule is C=CCNC(=O)C(=O)C(CCC)NC(=O)C1CN(Cc2ccccc2)C(=O)N1C(=O)C(NC(=O)C(NC(C)(C)C)C(C)C)C(C)C. The predicted octanol–water partition coefficient (Wildman–Crippen LogP) is 2.53. The van der Waals surface area contributed by atoms with Gasteiger partial charge < -0.3 is 26.2 Å². The summed E-state index contributed by atoms with van der Waals surface area (Å²) in [7, 11) is 0. The van der Waals surface area contributed by atoms with Gasteiger partial charge in [0.1, 0.15) is 12.1 Å². The van der Waals surface area contributed by atoms with Gasteiger partial charge in [-0.25, -0.2) is 9.69 Å². The molecule has 12 nitrogen and oxygen atoms in total. The minimum Gasteiger partial charge on any atom is -0.346 e. The maximum Gasteiger partial charge on any atom is 0.327 e. The summed E-state index contributed by atoms with van der Waals surface area (Å²) in [6.45, 7) is 18.5. The van der Waals surface area contributed by atoms with Crippen LogP contribution in [-0.2, 0) is 30.5 Å². The van der Waals surface area contributed by atoms with Gasteiger partial charge in [-0.15, -0.1) is 6.58 Å². The second-order valence-electron chi connectivity index (χ2n) is 13.4. The van der Waals surface area contributed by atoms with E-state index in [0.29, 0.717) is 6.42 Å². The lowest BCUT2D eigenvalue weighted by Crippen LogP contribution is -2.61. The minimum absolute atomic E-state index is 0.0798. The number of hydrogen-bond acceptors (Lipinski definition) is 7. The molecule has 1 aromatic carbocycles. The Hall–Kier alpha value is -4.06. The number of nitrogens with zero attached hydrogens (tertiary/aromatic N) is 2. The smallest absolute Gasteiger partial charge is 0.327 e. The summed E-state index contributed by atoms with van der Waals surface area (Å²) in [5, 5.41) is 11.2. The Bertz CT molecular complexity index is 1260. The van der Waals surface area contributed by atoms with Gasteiger partial charge in [-0.2, -0.15) is 0 Å². The van der Waals surface area contributed by atoms with Crippen LogP contribution in [0.2, 0.25) is 0 Å². The zero-order valence-corrected chi connectivity index (χ0v) is 28.5. The third-order valence-corrected chi connectivity index (χ3v) is 7.55. The molecule has 1 aliphatic heterocycles. The Morgan fingerprint density at radius 1 is 0.978 bits per heavy atom. The van der Waals surface area contributed by atoms with E-state index in [1.807, 2.05) is 65.0 Å². The summed E-state index contributed by atoms with van der Waals surface area (Å²) < 4.78 is 0. The first-order valence-electron chi connectivity index (χ1n) is 16.0. The highest BCUT2D eigenvalue weighted by atomic mass is 16.2. The largest absolute Gasteiger partial charge is 0.346 e. The predicted molar refractivity (Wildman–Crippen MR) is 176 cm³/mol. The lowest BCUT2D eigenvalue weighted by Gasteiger charge is -2.33. The van der Waals surface area contributed by atoms with Crippen molar-refractivity contribution >= 4 is 35.4 Å². The Labute approximate surface area is 273 Å². The van der Waals surface area contributed by atoms with Crippen molar-refractivity contribution in [2.75, 3.05) is 13.1 Å². The van der Waals surface area contributed by atoms with Gasteiger partial charge in [0.25, 0.3) is 11.8 Å². The van der Waals surface area contributed by atoms with Crippen LogP contribution in [-0.4, -0.2) is 88.0 Å². The Morgan fingerprint density at radius 2 is 1.59 bits per heavy atom. The lowest BCUT2D eigenvalue weighted by molar-refractivity contribution is -0.142. The average Bonchev–Trinajstić information content (AvgIpc) is 3.31. The lowest BCUT2D eigenvalue weighted by atomic mass is 9.96. The monoisotopic (exact) mass is 640 g/mol. The van der Waals surface area contributed by atoms with Crippen LogP contribution < -0.4 is 21.3 Å². The zero-order valence-electron chi connectivity index (χ0n) is 28.5. The fourth-order valence-electron chi connectivity index (χ4n) is 5.18. The number of carbonyl (C=O) groups is 6. The van der Waals surface area contributed by atoms with E-state index in [2.05, 4.69) is 27.8 Å². The summed E-state index contributed by atoms with van der Waals surface area (Å²) >= 11 is 0. The normalized spacial score (nSPS) is 17.0. The molecule has 0 bridgehead atoms. The summed E-state index contributed by atoms with van der Waals surface area (Å²) in [6, 6.07) is 4.24. The van der Waals surface area contributed by atoms with E-state index in [9.17, 15) is 28.8 Å². The van der Waals surface area contributed by atoms with E-state index in [1.165, 1.54) is 11.0 Å². The number of rotatable bonds is 16. The standard InChI is InChI=1S/C34H52N6O6/c1-10-15-24(28(41)31(44)35-18-11-2)36-29(42)25-20-39(19-23-16-13-12-14-17-23)33(46)40(25)32(45)27(22(5)6)37-30(43)26(21(3)4)38-34(7,8)9/h11-14,16-17,21-22,24-27,38H,2,10,15,18-20H2,1,3-9H3,(H,35,44)(H,36,42)(H,37,43). The van der Waals surface area contributed by atoms with E-state index < -0.39 is 65.5 Å². The Balaban J connectivity index is 2.44. The summed E-state index contributed by atoms with van der Waals surface area (Å²) in [4.78, 5) is 83.1. The molecule has 4 unspecified atom stereocenters. The molecule has 1 saturated heterocycles. The first-order chi connectivity index (χ1) is 21.5. The quantitative estimate of drug-likeness (QED) is 0.160. The molecular formula is C34H52N6O6. The third kappa shape index (κ3) is 10.5. The van der Waals surface area contributed by atoms with Crippen molar-refractivity contribution < 1.29 is 28.8 Å². The number of ketones is 1. The number of imide groups is 1. The van der Waals surface area contributed by atoms with Crippen LogP contribution in [0.5, 0.6) is 0 Å². The fraction of sp³-hybridized carbons (Fsp3) is 0.588. The highest BCUT2D eigenvalue weighted by Crippen LogP contribution is 2.23. The number of urea groups is 1. The highest BCUT2D eigenvalue weighted by Gasteiger charge is 2.48. The fourth-order valence-corrected chi connectivity index (χ4v) is 5.18. The van der Waals surface area contributed by atoms with Crippen LogP contribution in [0.15, 0.2) is 43.0 Å². The molecule has 6 amide bonds. The van der Waals surface area contributed by atoms with E-state index in [-0.39, 0.29) is 37.5 Å². The van der Waals surface area contributed by atoms with Crippen LogP contribution in [0.25, 0.3) is 0 Å². The molecule has 254 valence electrons. The van der Waals surface area contributed by atoms with Gasteiger partial charge >= 0.3 is 6.03 Å². The summed E-state index contributed by atoms with van der Waals surface area (Å²) in [6.07, 6.45) is 2.09. The van der Waals surface area contributed by atoms with E-state index in [0.717, 1.165) is 10.5 Å². The van der Waals surface area contributed by atoms with Crippen molar-refractivity contribution in [3.05, 3.63) is 48.6 Å². The number of nitrogens with one attached hydrogen (secondary N) is 4. The molecule has 1 aliphatic rings. The summed E-state index contributed by atoms with van der Waals surface area (Å²) in [5.74, 6) is -4.11. The highest BCUT2D eigenvalue weighted by molar-refractivity contribution is 6.38. The molecule has 2 rings (SSSR count). The maximum atomic E-state index is 14.2. The number of benzene rings is 1. The molecule has 0 spiro atoms. The molecule has 1 fully saturated rings. The van der Waals surface area contributed by atoms with E-state index in [1.54, 1.807) is 20.8 Å². The Kier molecular flexibility index (Phi) is 14.1. The maximum absolute atomic E-state index is 14.2. The topological polar surface area (TPSA) is 157 Å². The van der Waals surface area contributed by atoms with Crippen molar-refractivity contribution in [3.8, 4) is 0 Å². The zero-order chi connectivity index (χ0) is 34.8. The first-order valence-corrected chi connectivity index (χ1v) is 16.0. The van der Waals surface area contributed by atoms with Crippen molar-refractivity contribution in [1.82, 2.24) is 31.1 Å². The third-order valence-electron chi connectivity index (χ3n) is 7.55. The molecule has 4 atom stereocenters. The van der Waals surface area contributed by atoms with Crippen molar-refractivity contribution in [3.63, 3.8) is 0 Å². The number of hydrogen-bond donors (Lipinski definition) is 4. The van der Waals surface area contributed by atoms with Gasteiger partial charge in [0.05, 0.1) is 18.6 Å². The average molecular weight is 641 g/mol. The molecule has 0 radical (unpaired) electrons. The van der Waals surface area contributed by atoms with Crippen molar-refractivity contribution in [1.29, 1.82) is 0 Å².